The summed E-state index contributed by atoms with van der Waals surface area (Å²) < 4.78 is 5.92. The third-order valence-corrected chi connectivity index (χ3v) is 5.53. The van der Waals surface area contributed by atoms with Gasteiger partial charge in [0.25, 0.3) is 0 Å². The zero-order chi connectivity index (χ0) is 23.5. The third-order valence-electron chi connectivity index (χ3n) is 5.53. The second-order valence-electron chi connectivity index (χ2n) is 7.76. The van der Waals surface area contributed by atoms with E-state index >= 15 is 0 Å². The van der Waals surface area contributed by atoms with Crippen LogP contribution < -0.4 is 5.32 Å². The summed E-state index contributed by atoms with van der Waals surface area (Å²) in [7, 11) is 0. The molecule has 2 N–H and O–H groups in total. The van der Waals surface area contributed by atoms with Crippen molar-refractivity contribution in [2.45, 2.75) is 59.9 Å². The van der Waals surface area contributed by atoms with Crippen molar-refractivity contribution in [1.82, 2.24) is 10.3 Å². The number of carbonyl (C=O) groups is 2. The summed E-state index contributed by atoms with van der Waals surface area (Å²) in [5.74, 6) is 0.788. The van der Waals surface area contributed by atoms with E-state index in [1.54, 1.807) is 0 Å². The van der Waals surface area contributed by atoms with Gasteiger partial charge in [-0.15, -0.1) is 0 Å². The second-order valence-corrected chi connectivity index (χ2v) is 7.76. The first kappa shape index (κ1) is 25.2. The maximum Gasteiger partial charge on any atom is 0.225 e. The molecule has 2 heterocycles. The summed E-state index contributed by atoms with van der Waals surface area (Å²) >= 11 is 0. The Hall–Kier alpha value is -3.08. The van der Waals surface area contributed by atoms with Gasteiger partial charge in [-0.3, -0.25) is 9.59 Å². The lowest BCUT2D eigenvalue weighted by atomic mass is 9.95. The maximum atomic E-state index is 12.7. The first-order valence-corrected chi connectivity index (χ1v) is 11.5. The minimum absolute atomic E-state index is 0.00806. The van der Waals surface area contributed by atoms with Crippen molar-refractivity contribution in [2.24, 2.45) is 5.92 Å². The van der Waals surface area contributed by atoms with Crippen LogP contribution in [0.5, 0.6) is 0 Å². The average Bonchev–Trinajstić information content (AvgIpc) is 3.25. The van der Waals surface area contributed by atoms with E-state index in [9.17, 15) is 9.59 Å². The number of nitrogens with one attached hydrogen (secondary N) is 2. The van der Waals surface area contributed by atoms with Crippen molar-refractivity contribution >= 4 is 28.4 Å². The molecule has 1 aliphatic heterocycles. The number of Topliss-reactive ketones (excluding diaryl/α,β-unsaturated/α-hetero) is 1. The molecular formula is C27H36N2O3. The first-order chi connectivity index (χ1) is 15.5. The molecule has 172 valence electrons. The summed E-state index contributed by atoms with van der Waals surface area (Å²) in [4.78, 5) is 27.8. The van der Waals surface area contributed by atoms with E-state index in [1.807, 2.05) is 64.3 Å². The van der Waals surface area contributed by atoms with Crippen LogP contribution in [0.2, 0.25) is 0 Å². The monoisotopic (exact) mass is 436 g/mol. The minimum atomic E-state index is -0.443. The van der Waals surface area contributed by atoms with Crippen molar-refractivity contribution in [1.29, 1.82) is 0 Å². The van der Waals surface area contributed by atoms with Crippen molar-refractivity contribution in [3.8, 4) is 0 Å². The molecule has 1 unspecified atom stereocenters. The molecule has 2 aromatic rings. The number of hydrogen-bond donors (Lipinski definition) is 2. The largest absolute Gasteiger partial charge is 0.489 e. The number of amides is 1. The normalized spacial score (nSPS) is 18.8. The molecule has 1 aromatic heterocycles. The van der Waals surface area contributed by atoms with Gasteiger partial charge in [-0.25, -0.2) is 0 Å². The molecule has 5 heteroatoms. The van der Waals surface area contributed by atoms with Crippen molar-refractivity contribution in [3.05, 3.63) is 65.9 Å². The second kappa shape index (κ2) is 12.7. The number of carbonyl (C=O) groups excluding carboxylic acids is 2. The first-order valence-electron chi connectivity index (χ1n) is 11.5. The Kier molecular flexibility index (Phi) is 9.99. The number of rotatable bonds is 7. The van der Waals surface area contributed by atoms with Gasteiger partial charge in [-0.2, -0.15) is 0 Å². The zero-order valence-electron chi connectivity index (χ0n) is 19.9. The number of aromatic amines is 1. The molecule has 0 bridgehead atoms. The van der Waals surface area contributed by atoms with E-state index in [0.717, 1.165) is 40.6 Å². The third kappa shape index (κ3) is 6.71. The highest BCUT2D eigenvalue weighted by atomic mass is 16.5. The highest BCUT2D eigenvalue weighted by molar-refractivity contribution is 5.93. The average molecular weight is 437 g/mol. The van der Waals surface area contributed by atoms with E-state index in [1.165, 1.54) is 6.92 Å². The highest BCUT2D eigenvalue weighted by Crippen LogP contribution is 2.26. The molecule has 3 rings (SSSR count). The van der Waals surface area contributed by atoms with Gasteiger partial charge in [0, 0.05) is 22.7 Å². The van der Waals surface area contributed by atoms with Gasteiger partial charge >= 0.3 is 0 Å². The van der Waals surface area contributed by atoms with Crippen LogP contribution >= 0.6 is 0 Å². The van der Waals surface area contributed by atoms with Crippen LogP contribution in [0.25, 0.3) is 16.7 Å². The number of benzene rings is 1. The smallest absolute Gasteiger partial charge is 0.225 e. The fourth-order valence-corrected chi connectivity index (χ4v) is 3.62. The highest BCUT2D eigenvalue weighted by Gasteiger charge is 2.23. The van der Waals surface area contributed by atoms with Crippen molar-refractivity contribution in [2.75, 3.05) is 6.61 Å². The molecule has 1 aromatic carbocycles. The Morgan fingerprint density at radius 1 is 1.19 bits per heavy atom. The Bertz CT molecular complexity index is 997. The molecule has 32 heavy (non-hydrogen) atoms. The molecule has 0 spiro atoms. The van der Waals surface area contributed by atoms with Crippen LogP contribution in [0.4, 0.5) is 0 Å². The van der Waals surface area contributed by atoms with Crippen LogP contribution in [0, 0.1) is 5.92 Å². The van der Waals surface area contributed by atoms with Gasteiger partial charge in [0.2, 0.25) is 5.91 Å². The molecule has 0 saturated heterocycles. The molecule has 0 aliphatic carbocycles. The SMILES string of the molecule is CC.CC[C@H](C)C(NC(=O)Cc1c[nH]c2ccc(/C3=C/C/C=C\C=C/CO3)cc12)C(C)=O. The van der Waals surface area contributed by atoms with E-state index in [4.69, 9.17) is 4.74 Å². The number of allylic oxidation sites excluding steroid dienone is 4. The van der Waals surface area contributed by atoms with Gasteiger partial charge in [0.15, 0.2) is 5.78 Å². The van der Waals surface area contributed by atoms with Gasteiger partial charge in [-0.05, 0) is 55.2 Å². The summed E-state index contributed by atoms with van der Waals surface area (Å²) in [5.41, 5.74) is 2.85. The molecule has 0 fully saturated rings. The topological polar surface area (TPSA) is 71.2 Å². The van der Waals surface area contributed by atoms with Crippen LogP contribution in [0.1, 0.15) is 58.6 Å². The van der Waals surface area contributed by atoms with E-state index in [-0.39, 0.29) is 24.0 Å². The van der Waals surface area contributed by atoms with Gasteiger partial charge < -0.3 is 15.0 Å². The molecule has 2 atom stereocenters. The fraction of sp³-hybridized carbons (Fsp3) is 0.407. The lowest BCUT2D eigenvalue weighted by Crippen LogP contribution is -2.44. The standard InChI is InChI=1S/C25H30N2O3.C2H6/c1-4-17(2)25(18(3)28)27-24(29)15-20-16-26-22-12-11-19(14-21(20)22)23-10-8-6-5-7-9-13-30-23;1-2/h5-7,9-12,14,16-17,25-26H,4,8,13,15H2,1-3H3,(H,27,29);1-2H3/b6-5-,9-7-,23-10-;/t17-,25?;/m0./s1. The zero-order valence-corrected chi connectivity index (χ0v) is 19.9. The lowest BCUT2D eigenvalue weighted by Gasteiger charge is -2.21. The Morgan fingerprint density at radius 3 is 2.66 bits per heavy atom. The quantitative estimate of drug-likeness (QED) is 0.582. The van der Waals surface area contributed by atoms with E-state index in [2.05, 4.69) is 28.5 Å². The predicted molar refractivity (Wildman–Crippen MR) is 132 cm³/mol. The molecule has 5 nitrogen and oxygen atoms in total. The number of H-pyrrole nitrogens is 1. The van der Waals surface area contributed by atoms with Gasteiger partial charge in [0.1, 0.15) is 12.4 Å². The Balaban J connectivity index is 0.00000176. The van der Waals surface area contributed by atoms with Gasteiger partial charge in [0.05, 0.1) is 12.5 Å². The van der Waals surface area contributed by atoms with E-state index in [0.29, 0.717) is 6.61 Å². The van der Waals surface area contributed by atoms with Gasteiger partial charge in [-0.1, -0.05) is 52.3 Å². The Labute approximate surface area is 191 Å². The summed E-state index contributed by atoms with van der Waals surface area (Å²) in [6, 6.07) is 5.64. The number of aromatic nitrogens is 1. The van der Waals surface area contributed by atoms with E-state index < -0.39 is 6.04 Å². The summed E-state index contributed by atoms with van der Waals surface area (Å²) in [6.07, 6.45) is 13.8. The van der Waals surface area contributed by atoms with Crippen molar-refractivity contribution in [3.63, 3.8) is 0 Å². The number of ketones is 1. The fourth-order valence-electron chi connectivity index (χ4n) is 3.62. The summed E-state index contributed by atoms with van der Waals surface area (Å²) in [6.45, 7) is 10.1. The van der Waals surface area contributed by atoms with Crippen LogP contribution in [0.15, 0.2) is 54.8 Å². The summed E-state index contributed by atoms with van der Waals surface area (Å²) in [5, 5.41) is 3.90. The van der Waals surface area contributed by atoms with Crippen LogP contribution in [0.3, 0.4) is 0 Å². The number of ether oxygens (including phenoxy) is 1. The maximum absolute atomic E-state index is 12.7. The molecule has 0 radical (unpaired) electrons. The number of hydrogen-bond acceptors (Lipinski definition) is 3. The Morgan fingerprint density at radius 2 is 1.94 bits per heavy atom. The molecule has 0 saturated carbocycles. The molecule has 1 aliphatic rings. The molecule has 1 amide bonds. The number of fused-ring (bicyclic) bond motifs is 1. The lowest BCUT2D eigenvalue weighted by molar-refractivity contribution is -0.127. The molecular weight excluding hydrogens is 400 g/mol. The van der Waals surface area contributed by atoms with Crippen molar-refractivity contribution < 1.29 is 14.3 Å². The minimum Gasteiger partial charge on any atom is -0.489 e. The van der Waals surface area contributed by atoms with Crippen LogP contribution in [-0.2, 0) is 20.7 Å². The predicted octanol–water partition coefficient (Wildman–Crippen LogP) is 5.73. The van der Waals surface area contributed by atoms with Crippen LogP contribution in [-0.4, -0.2) is 29.3 Å².